The molecule has 2 aromatic carbocycles. The molecule has 1 saturated heterocycles. The van der Waals surface area contributed by atoms with Crippen molar-refractivity contribution in [2.45, 2.75) is 26.7 Å². The second-order valence-electron chi connectivity index (χ2n) is 8.36. The summed E-state index contributed by atoms with van der Waals surface area (Å²) in [5.74, 6) is -0.677. The Bertz CT molecular complexity index is 1210. The van der Waals surface area contributed by atoms with Crippen LogP contribution in [0.4, 0.5) is 10.8 Å². The van der Waals surface area contributed by atoms with Crippen LogP contribution in [0.25, 0.3) is 10.2 Å². The van der Waals surface area contributed by atoms with Crippen LogP contribution < -0.4 is 9.80 Å². The lowest BCUT2D eigenvalue weighted by Gasteiger charge is -2.22. The van der Waals surface area contributed by atoms with Crippen molar-refractivity contribution in [3.8, 4) is 0 Å². The van der Waals surface area contributed by atoms with Gasteiger partial charge in [-0.05, 0) is 63.3 Å². The number of hydrogen-bond acceptors (Lipinski definition) is 6. The van der Waals surface area contributed by atoms with E-state index in [0.29, 0.717) is 29.5 Å². The molecule has 1 aromatic heterocycles. The molecular weight excluding hydrogens is 460 g/mol. The summed E-state index contributed by atoms with van der Waals surface area (Å²) < 4.78 is 1.07. The van der Waals surface area contributed by atoms with Gasteiger partial charge < -0.3 is 4.90 Å². The van der Waals surface area contributed by atoms with Crippen LogP contribution in [0.2, 0.25) is 0 Å². The van der Waals surface area contributed by atoms with Gasteiger partial charge in [-0.2, -0.15) is 0 Å². The Morgan fingerprint density at radius 3 is 2.42 bits per heavy atom. The Kier molecular flexibility index (Phi) is 7.51. The lowest BCUT2D eigenvalue weighted by molar-refractivity contribution is -0.121. The maximum absolute atomic E-state index is 13.6. The number of carbonyl (C=O) groups is 3. The summed E-state index contributed by atoms with van der Waals surface area (Å²) in [6.07, 6.45) is 0.410. The normalized spacial score (nSPS) is 13.7. The summed E-state index contributed by atoms with van der Waals surface area (Å²) in [5.41, 5.74) is 4.00. The summed E-state index contributed by atoms with van der Waals surface area (Å²) in [7, 11) is 3.92. The fourth-order valence-electron chi connectivity index (χ4n) is 3.86. The Labute approximate surface area is 203 Å². The van der Waals surface area contributed by atoms with Crippen molar-refractivity contribution in [1.29, 1.82) is 0 Å². The number of nitrogens with zero attached hydrogens (tertiary/aromatic N) is 4. The largest absolute Gasteiger partial charge is 0.308 e. The zero-order valence-corrected chi connectivity index (χ0v) is 20.8. The van der Waals surface area contributed by atoms with E-state index in [2.05, 4.69) is 13.0 Å². The van der Waals surface area contributed by atoms with Crippen LogP contribution in [-0.4, -0.2) is 54.8 Å². The van der Waals surface area contributed by atoms with E-state index in [9.17, 15) is 14.4 Å². The number of anilines is 2. The highest BCUT2D eigenvalue weighted by molar-refractivity contribution is 7.22. The molecule has 33 heavy (non-hydrogen) atoms. The van der Waals surface area contributed by atoms with Crippen molar-refractivity contribution < 1.29 is 14.4 Å². The average Bonchev–Trinajstić information content (AvgIpc) is 3.31. The van der Waals surface area contributed by atoms with Gasteiger partial charge in [0.15, 0.2) is 5.13 Å². The van der Waals surface area contributed by atoms with Crippen molar-refractivity contribution in [1.82, 2.24) is 9.88 Å². The number of halogens is 1. The summed E-state index contributed by atoms with van der Waals surface area (Å²) >= 11 is 1.50. The Balaban J connectivity index is 0.00000306. The first-order chi connectivity index (χ1) is 15.2. The quantitative estimate of drug-likeness (QED) is 0.488. The highest BCUT2D eigenvalue weighted by Gasteiger charge is 2.31. The van der Waals surface area contributed by atoms with Crippen LogP contribution in [0.5, 0.6) is 0 Å². The number of hydrogen-bond donors (Lipinski definition) is 0. The maximum Gasteiger partial charge on any atom is 0.260 e. The number of rotatable bonds is 6. The molecule has 1 aliphatic heterocycles. The summed E-state index contributed by atoms with van der Waals surface area (Å²) in [5, 5.41) is 0.638. The zero-order chi connectivity index (χ0) is 23.0. The number of aryl methyl sites for hydroxylation is 2. The fraction of sp³-hybridized carbons (Fsp3) is 0.333. The van der Waals surface area contributed by atoms with Crippen LogP contribution >= 0.6 is 23.7 Å². The summed E-state index contributed by atoms with van der Waals surface area (Å²) in [6.45, 7) is 5.22. The van der Waals surface area contributed by atoms with Crippen LogP contribution in [-0.2, 0) is 9.59 Å². The van der Waals surface area contributed by atoms with Crippen LogP contribution in [0.15, 0.2) is 36.4 Å². The van der Waals surface area contributed by atoms with Gasteiger partial charge >= 0.3 is 0 Å². The second kappa shape index (κ2) is 9.99. The molecule has 4 rings (SSSR count). The molecule has 1 fully saturated rings. The summed E-state index contributed by atoms with van der Waals surface area (Å²) in [6, 6.07) is 10.9. The van der Waals surface area contributed by atoms with E-state index in [1.54, 1.807) is 29.2 Å². The number of fused-ring (bicyclic) bond motifs is 1. The van der Waals surface area contributed by atoms with E-state index in [1.807, 2.05) is 32.0 Å². The molecule has 0 N–H and O–H groups in total. The highest BCUT2D eigenvalue weighted by Crippen LogP contribution is 2.33. The predicted molar refractivity (Wildman–Crippen MR) is 135 cm³/mol. The molecule has 0 spiro atoms. The molecule has 174 valence electrons. The Morgan fingerprint density at radius 2 is 1.76 bits per heavy atom. The van der Waals surface area contributed by atoms with Gasteiger partial charge in [0.1, 0.15) is 0 Å². The molecule has 1 aliphatic rings. The van der Waals surface area contributed by atoms with E-state index in [-0.39, 0.29) is 43.0 Å². The molecule has 0 radical (unpaired) electrons. The molecule has 0 aliphatic carbocycles. The van der Waals surface area contributed by atoms with Crippen molar-refractivity contribution in [3.05, 3.63) is 53.1 Å². The van der Waals surface area contributed by atoms with Gasteiger partial charge in [-0.15, -0.1) is 12.4 Å². The standard InChI is InChI=1S/C24H26N4O3S.ClH/c1-15-12-16(2)22-19(13-15)25-24(32-22)27(11-10-26(3)4)23(31)17-6-5-7-18(14-17)28-20(29)8-9-21(28)30;/h5-7,12-14H,8-11H2,1-4H3;1H. The first-order valence-electron chi connectivity index (χ1n) is 10.5. The van der Waals surface area contributed by atoms with Gasteiger partial charge in [0.2, 0.25) is 11.8 Å². The fourth-order valence-corrected chi connectivity index (χ4v) is 4.90. The summed E-state index contributed by atoms with van der Waals surface area (Å²) in [4.78, 5) is 47.6. The minimum absolute atomic E-state index is 0. The minimum Gasteiger partial charge on any atom is -0.308 e. The number of imide groups is 1. The van der Waals surface area contributed by atoms with Crippen molar-refractivity contribution in [2.75, 3.05) is 37.0 Å². The number of likely N-dealkylation sites (N-methyl/N-ethyl adjacent to an activating group) is 1. The molecule has 0 bridgehead atoms. The van der Waals surface area contributed by atoms with Crippen molar-refractivity contribution in [3.63, 3.8) is 0 Å². The van der Waals surface area contributed by atoms with Gasteiger partial charge in [0.25, 0.3) is 5.91 Å². The molecule has 7 nitrogen and oxygen atoms in total. The van der Waals surface area contributed by atoms with Crippen LogP contribution in [0, 0.1) is 13.8 Å². The van der Waals surface area contributed by atoms with E-state index >= 15 is 0 Å². The average molecular weight is 487 g/mol. The third-order valence-electron chi connectivity index (χ3n) is 5.46. The Hall–Kier alpha value is -2.81. The van der Waals surface area contributed by atoms with E-state index in [4.69, 9.17) is 4.98 Å². The molecule has 0 atom stereocenters. The van der Waals surface area contributed by atoms with Crippen LogP contribution in [0.1, 0.15) is 34.3 Å². The third-order valence-corrected chi connectivity index (χ3v) is 6.69. The number of carbonyl (C=O) groups excluding carboxylic acids is 3. The van der Waals surface area contributed by atoms with Gasteiger partial charge in [-0.1, -0.05) is 23.5 Å². The van der Waals surface area contributed by atoms with Gasteiger partial charge in [0.05, 0.1) is 15.9 Å². The molecule has 3 amide bonds. The molecule has 2 heterocycles. The molecular formula is C24H27ClN4O3S. The number of benzene rings is 2. The second-order valence-corrected chi connectivity index (χ2v) is 9.34. The number of thiazole rings is 1. The number of amides is 3. The number of aromatic nitrogens is 1. The third kappa shape index (κ3) is 5.08. The van der Waals surface area contributed by atoms with E-state index < -0.39 is 0 Å². The van der Waals surface area contributed by atoms with Crippen molar-refractivity contribution >= 4 is 62.5 Å². The van der Waals surface area contributed by atoms with Gasteiger partial charge in [-0.3, -0.25) is 24.2 Å². The first kappa shape index (κ1) is 24.8. The smallest absolute Gasteiger partial charge is 0.260 e. The topological polar surface area (TPSA) is 73.8 Å². The predicted octanol–water partition coefficient (Wildman–Crippen LogP) is 4.20. The lowest BCUT2D eigenvalue weighted by Crippen LogP contribution is -2.37. The molecule has 9 heteroatoms. The molecule has 3 aromatic rings. The van der Waals surface area contributed by atoms with Gasteiger partial charge in [0, 0.05) is 31.5 Å². The highest BCUT2D eigenvalue weighted by atomic mass is 35.5. The monoisotopic (exact) mass is 486 g/mol. The SMILES string of the molecule is Cc1cc(C)c2sc(N(CCN(C)C)C(=O)c3cccc(N4C(=O)CCC4=O)c3)nc2c1.Cl. The van der Waals surface area contributed by atoms with Crippen molar-refractivity contribution in [2.24, 2.45) is 0 Å². The Morgan fingerprint density at radius 1 is 1.06 bits per heavy atom. The van der Waals surface area contributed by atoms with E-state index in [1.165, 1.54) is 16.2 Å². The molecule has 0 saturated carbocycles. The van der Waals surface area contributed by atoms with Gasteiger partial charge in [-0.25, -0.2) is 4.98 Å². The zero-order valence-electron chi connectivity index (χ0n) is 19.1. The molecule has 0 unspecified atom stereocenters. The van der Waals surface area contributed by atoms with Crippen LogP contribution in [0.3, 0.4) is 0 Å². The minimum atomic E-state index is -0.235. The van der Waals surface area contributed by atoms with E-state index in [0.717, 1.165) is 21.3 Å². The lowest BCUT2D eigenvalue weighted by atomic mass is 10.1. The first-order valence-corrected chi connectivity index (χ1v) is 11.4. The maximum atomic E-state index is 13.6.